The molecule has 0 radical (unpaired) electrons. The monoisotopic (exact) mass is 648 g/mol. The molecule has 0 bridgehead atoms. The average molecular weight is 649 g/mol. The van der Waals surface area contributed by atoms with Crippen molar-refractivity contribution in [3.05, 3.63) is 226 Å². The molecule has 0 spiro atoms. The van der Waals surface area contributed by atoms with Crippen LogP contribution in [0, 0.1) is 0 Å². The average Bonchev–Trinajstić information content (AvgIpc) is 3.80. The van der Waals surface area contributed by atoms with E-state index in [-0.39, 0.29) is 5.78 Å². The Balaban J connectivity index is 0.000000157. The predicted molar refractivity (Wildman–Crippen MR) is 205 cm³/mol. The first-order valence-corrected chi connectivity index (χ1v) is 16.8. The number of benzene rings is 6. The van der Waals surface area contributed by atoms with Gasteiger partial charge in [-0.25, -0.2) is 0 Å². The van der Waals surface area contributed by atoms with Crippen LogP contribution in [0.25, 0.3) is 12.2 Å². The van der Waals surface area contributed by atoms with Gasteiger partial charge < -0.3 is 5.11 Å². The van der Waals surface area contributed by atoms with Crippen molar-refractivity contribution in [2.45, 2.75) is 19.2 Å². The van der Waals surface area contributed by atoms with E-state index in [1.165, 1.54) is 5.56 Å². The molecule has 8 rings (SSSR count). The van der Waals surface area contributed by atoms with Crippen molar-refractivity contribution in [2.75, 3.05) is 0 Å². The number of rotatable bonds is 8. The molecular weight excluding hydrogens is 613 g/mol. The number of aliphatic imine (C=N–C) groups is 2. The molecule has 0 saturated heterocycles. The molecule has 4 nitrogen and oxygen atoms in total. The predicted octanol–water partition coefficient (Wildman–Crippen LogP) is 9.72. The van der Waals surface area contributed by atoms with Gasteiger partial charge in [0.1, 0.15) is 6.10 Å². The van der Waals surface area contributed by atoms with Gasteiger partial charge >= 0.3 is 0 Å². The zero-order valence-corrected chi connectivity index (χ0v) is 27.6. The van der Waals surface area contributed by atoms with Crippen LogP contribution in [-0.2, 0) is 13.1 Å². The minimum absolute atomic E-state index is 0.0525. The summed E-state index contributed by atoms with van der Waals surface area (Å²) in [6.07, 6.45) is 7.65. The van der Waals surface area contributed by atoms with E-state index >= 15 is 0 Å². The first kappa shape index (κ1) is 32.3. The Morgan fingerprint density at radius 2 is 0.980 bits per heavy atom. The van der Waals surface area contributed by atoms with Crippen molar-refractivity contribution in [3.63, 3.8) is 0 Å². The van der Waals surface area contributed by atoms with Gasteiger partial charge in [0.15, 0.2) is 5.78 Å². The fraction of sp³-hybridized carbons (Fsp3) is 0.0652. The molecule has 2 aliphatic heterocycles. The van der Waals surface area contributed by atoms with E-state index in [2.05, 4.69) is 64.6 Å². The number of hydrogen-bond donors (Lipinski definition) is 1. The van der Waals surface area contributed by atoms with E-state index in [1.807, 2.05) is 127 Å². The van der Waals surface area contributed by atoms with Crippen LogP contribution in [0.1, 0.15) is 66.5 Å². The Bertz CT molecular complexity index is 2220. The summed E-state index contributed by atoms with van der Waals surface area (Å²) in [5, 5.41) is 10.6. The van der Waals surface area contributed by atoms with Crippen LogP contribution in [0.5, 0.6) is 0 Å². The highest BCUT2D eigenvalue weighted by Crippen LogP contribution is 2.28. The van der Waals surface area contributed by atoms with Crippen molar-refractivity contribution in [3.8, 4) is 0 Å². The van der Waals surface area contributed by atoms with E-state index < -0.39 is 6.10 Å². The van der Waals surface area contributed by atoms with Gasteiger partial charge in [-0.2, -0.15) is 0 Å². The van der Waals surface area contributed by atoms with Crippen molar-refractivity contribution in [1.29, 1.82) is 0 Å². The summed E-state index contributed by atoms with van der Waals surface area (Å²) in [4.78, 5) is 21.8. The highest BCUT2D eigenvalue weighted by Gasteiger charge is 2.18. The summed E-state index contributed by atoms with van der Waals surface area (Å²) in [6.45, 7) is 1.29. The van der Waals surface area contributed by atoms with Crippen molar-refractivity contribution >= 4 is 29.4 Å². The summed E-state index contributed by atoms with van der Waals surface area (Å²) >= 11 is 0. The second-order valence-corrected chi connectivity index (χ2v) is 12.2. The van der Waals surface area contributed by atoms with Gasteiger partial charge in [0.2, 0.25) is 0 Å². The Hall–Kier alpha value is -6.23. The minimum Gasteiger partial charge on any atom is -0.384 e. The number of hydrogen-bond acceptors (Lipinski definition) is 4. The van der Waals surface area contributed by atoms with Crippen LogP contribution in [0.15, 0.2) is 180 Å². The fourth-order valence-electron chi connectivity index (χ4n) is 6.14. The first-order valence-electron chi connectivity index (χ1n) is 16.8. The third kappa shape index (κ3) is 7.57. The molecule has 0 amide bonds. The number of fused-ring (bicyclic) bond motifs is 2. The highest BCUT2D eigenvalue weighted by atomic mass is 16.3. The van der Waals surface area contributed by atoms with E-state index in [4.69, 9.17) is 0 Å². The van der Waals surface area contributed by atoms with Crippen LogP contribution >= 0.6 is 0 Å². The SMILES string of the molecule is O=C(c1ccccc1)c1ccc2c(c1)CN=C2/C=C/c1ccccc1.OC(c1ccccc1)c1ccc2c(c1)CN=C2/C=C/c1ccccc1. The van der Waals surface area contributed by atoms with Crippen molar-refractivity contribution < 1.29 is 9.90 Å². The Labute approximate surface area is 293 Å². The summed E-state index contributed by atoms with van der Waals surface area (Å²) in [5.74, 6) is 0.0525. The van der Waals surface area contributed by atoms with Gasteiger partial charge in [-0.05, 0) is 51.6 Å². The Morgan fingerprint density at radius 3 is 1.54 bits per heavy atom. The van der Waals surface area contributed by atoms with Crippen molar-refractivity contribution in [1.82, 2.24) is 0 Å². The summed E-state index contributed by atoms with van der Waals surface area (Å²) in [5.41, 5.74) is 12.1. The van der Waals surface area contributed by atoms with Crippen LogP contribution in [0.2, 0.25) is 0 Å². The molecule has 0 aliphatic carbocycles. The molecule has 1 atom stereocenters. The lowest BCUT2D eigenvalue weighted by molar-refractivity contribution is 0.103. The lowest BCUT2D eigenvalue weighted by Gasteiger charge is -2.13. The van der Waals surface area contributed by atoms with Crippen LogP contribution in [0.3, 0.4) is 0 Å². The third-order valence-corrected chi connectivity index (χ3v) is 8.82. The number of carbonyl (C=O) groups excluding carboxylic acids is 1. The first-order chi connectivity index (χ1) is 24.6. The molecular formula is C46H36N2O2. The zero-order valence-electron chi connectivity index (χ0n) is 27.6. The number of allylic oxidation sites excluding steroid dienone is 2. The van der Waals surface area contributed by atoms with E-state index in [0.717, 1.165) is 50.4 Å². The van der Waals surface area contributed by atoms with Gasteiger partial charge in [0.05, 0.1) is 24.5 Å². The summed E-state index contributed by atoms with van der Waals surface area (Å²) < 4.78 is 0. The van der Waals surface area contributed by atoms with E-state index in [0.29, 0.717) is 24.2 Å². The lowest BCUT2D eigenvalue weighted by atomic mass is 9.96. The molecule has 242 valence electrons. The molecule has 1 N–H and O–H groups in total. The topological polar surface area (TPSA) is 62.0 Å². The van der Waals surface area contributed by atoms with Crippen LogP contribution in [-0.4, -0.2) is 22.3 Å². The number of carbonyl (C=O) groups is 1. The van der Waals surface area contributed by atoms with Gasteiger partial charge in [0, 0.05) is 22.3 Å². The molecule has 2 aliphatic rings. The fourth-order valence-corrected chi connectivity index (χ4v) is 6.14. The number of aliphatic hydroxyl groups is 1. The maximum atomic E-state index is 12.6. The molecule has 50 heavy (non-hydrogen) atoms. The molecule has 0 aromatic heterocycles. The lowest BCUT2D eigenvalue weighted by Crippen LogP contribution is -2.03. The standard InChI is InChI=1S/C23H19NO.C23H17NO/c2*25-23(18-9-5-2-6-10-18)19-12-13-21-20(15-19)16-24-22(21)14-11-17-7-3-1-4-8-17/h1-15,23,25H,16H2;1-15H,16H2/b2*14-11+. The van der Waals surface area contributed by atoms with Crippen LogP contribution < -0.4 is 0 Å². The van der Waals surface area contributed by atoms with Gasteiger partial charge in [-0.1, -0.05) is 164 Å². The zero-order chi connectivity index (χ0) is 34.1. The Kier molecular flexibility index (Phi) is 9.91. The minimum atomic E-state index is -0.601. The number of ketones is 1. The highest BCUT2D eigenvalue weighted by molar-refractivity contribution is 6.15. The maximum absolute atomic E-state index is 12.6. The van der Waals surface area contributed by atoms with E-state index in [9.17, 15) is 9.90 Å². The quantitative estimate of drug-likeness (QED) is 0.167. The van der Waals surface area contributed by atoms with Gasteiger partial charge in [0.25, 0.3) is 0 Å². The Morgan fingerprint density at radius 1 is 0.500 bits per heavy atom. The number of nitrogens with zero attached hydrogens (tertiary/aromatic N) is 2. The molecule has 0 fully saturated rings. The summed E-state index contributed by atoms with van der Waals surface area (Å²) in [6, 6.07) is 51.5. The van der Waals surface area contributed by atoms with Gasteiger partial charge in [-0.15, -0.1) is 0 Å². The maximum Gasteiger partial charge on any atom is 0.193 e. The molecule has 2 heterocycles. The number of aliphatic hydroxyl groups excluding tert-OH is 1. The molecule has 4 heteroatoms. The molecule has 6 aromatic rings. The van der Waals surface area contributed by atoms with Gasteiger partial charge in [-0.3, -0.25) is 14.8 Å². The van der Waals surface area contributed by atoms with Crippen molar-refractivity contribution in [2.24, 2.45) is 9.98 Å². The largest absolute Gasteiger partial charge is 0.384 e. The second kappa shape index (κ2) is 15.3. The summed E-state index contributed by atoms with van der Waals surface area (Å²) in [7, 11) is 0. The molecule has 0 saturated carbocycles. The van der Waals surface area contributed by atoms with Crippen LogP contribution in [0.4, 0.5) is 0 Å². The second-order valence-electron chi connectivity index (χ2n) is 12.2. The normalized spacial score (nSPS) is 13.6. The van der Waals surface area contributed by atoms with E-state index in [1.54, 1.807) is 0 Å². The smallest absolute Gasteiger partial charge is 0.193 e. The third-order valence-electron chi connectivity index (χ3n) is 8.82. The molecule has 1 unspecified atom stereocenters. The molecule has 6 aromatic carbocycles.